The van der Waals surface area contributed by atoms with E-state index in [1.54, 1.807) is 18.0 Å². The molecule has 118 valence electrons. The van der Waals surface area contributed by atoms with Gasteiger partial charge in [0, 0.05) is 17.5 Å². The molecule has 0 radical (unpaired) electrons. The third-order valence-electron chi connectivity index (χ3n) is 4.02. The number of aromatic nitrogens is 2. The maximum absolute atomic E-state index is 5.92. The molecule has 2 N–H and O–H groups in total. The van der Waals surface area contributed by atoms with Crippen molar-refractivity contribution in [2.45, 2.75) is 23.8 Å². The maximum Gasteiger partial charge on any atom is 0.232 e. The molecule has 22 heavy (non-hydrogen) atoms. The molecule has 1 aliphatic heterocycles. The number of hydrogen-bond acceptors (Lipinski definition) is 6. The molecule has 0 bridgehead atoms. The highest BCUT2D eigenvalue weighted by molar-refractivity contribution is 7.98. The van der Waals surface area contributed by atoms with Crippen molar-refractivity contribution in [1.29, 1.82) is 0 Å². The van der Waals surface area contributed by atoms with Crippen molar-refractivity contribution in [1.82, 2.24) is 14.9 Å². The number of rotatable bonds is 5. The van der Waals surface area contributed by atoms with Gasteiger partial charge in [0.05, 0.1) is 17.2 Å². The maximum atomic E-state index is 5.92. The van der Waals surface area contributed by atoms with Crippen molar-refractivity contribution in [3.8, 4) is 5.88 Å². The molecule has 1 fully saturated rings. The molecule has 5 nitrogen and oxygen atoms in total. The Bertz CT molecular complexity index is 629. The van der Waals surface area contributed by atoms with E-state index in [1.165, 1.54) is 4.90 Å². The summed E-state index contributed by atoms with van der Waals surface area (Å²) in [5.74, 6) is 0.597. The topological polar surface area (TPSA) is 64.3 Å². The first-order valence-electron chi connectivity index (χ1n) is 7.66. The summed E-state index contributed by atoms with van der Waals surface area (Å²) in [5, 5.41) is 0. The summed E-state index contributed by atoms with van der Waals surface area (Å²) < 4.78 is 5.76. The van der Waals surface area contributed by atoms with Crippen molar-refractivity contribution in [2.75, 3.05) is 32.5 Å². The fourth-order valence-corrected chi connectivity index (χ4v) is 3.06. The van der Waals surface area contributed by atoms with Gasteiger partial charge in [-0.05, 0) is 50.4 Å². The van der Waals surface area contributed by atoms with E-state index in [0.717, 1.165) is 43.5 Å². The normalized spacial score (nSPS) is 17.0. The van der Waals surface area contributed by atoms with Gasteiger partial charge >= 0.3 is 0 Å². The molecule has 1 aliphatic rings. The predicted molar refractivity (Wildman–Crippen MR) is 90.5 cm³/mol. The van der Waals surface area contributed by atoms with Gasteiger partial charge < -0.3 is 10.5 Å². The third kappa shape index (κ3) is 3.88. The van der Waals surface area contributed by atoms with Gasteiger partial charge in [-0.3, -0.25) is 4.90 Å². The number of thioether (sulfide) groups is 1. The fourth-order valence-electron chi connectivity index (χ4n) is 2.63. The molecular formula is C16H22N4OS. The summed E-state index contributed by atoms with van der Waals surface area (Å²) >= 11 is 1.70. The van der Waals surface area contributed by atoms with Crippen molar-refractivity contribution in [3.05, 3.63) is 24.4 Å². The SMILES string of the molecule is CSc1ccc2ncc(OCCN3CCC(N)CC3)nc2c1. The van der Waals surface area contributed by atoms with E-state index in [0.29, 0.717) is 18.5 Å². The number of fused-ring (bicyclic) bond motifs is 1. The van der Waals surface area contributed by atoms with Crippen LogP contribution in [0.4, 0.5) is 0 Å². The monoisotopic (exact) mass is 318 g/mol. The summed E-state index contributed by atoms with van der Waals surface area (Å²) in [7, 11) is 0. The molecule has 6 heteroatoms. The van der Waals surface area contributed by atoms with Crippen LogP contribution in [-0.2, 0) is 0 Å². The molecule has 1 saturated heterocycles. The van der Waals surface area contributed by atoms with Gasteiger partial charge in [-0.15, -0.1) is 11.8 Å². The lowest BCUT2D eigenvalue weighted by Gasteiger charge is -2.29. The van der Waals surface area contributed by atoms with Crippen LogP contribution >= 0.6 is 11.8 Å². The Balaban J connectivity index is 1.57. The first kappa shape index (κ1) is 15.5. The Hall–Kier alpha value is -1.37. The zero-order chi connectivity index (χ0) is 15.4. The van der Waals surface area contributed by atoms with Crippen LogP contribution in [0.15, 0.2) is 29.3 Å². The van der Waals surface area contributed by atoms with Gasteiger partial charge in [-0.25, -0.2) is 9.97 Å². The lowest BCUT2D eigenvalue weighted by molar-refractivity contribution is 0.171. The van der Waals surface area contributed by atoms with E-state index >= 15 is 0 Å². The molecule has 2 aromatic rings. The Morgan fingerprint density at radius 2 is 2.14 bits per heavy atom. The minimum absolute atomic E-state index is 0.370. The van der Waals surface area contributed by atoms with E-state index in [2.05, 4.69) is 27.2 Å². The molecule has 1 aromatic carbocycles. The number of nitrogens with two attached hydrogens (primary N) is 1. The quantitative estimate of drug-likeness (QED) is 0.852. The average molecular weight is 318 g/mol. The Morgan fingerprint density at radius 1 is 1.32 bits per heavy atom. The van der Waals surface area contributed by atoms with Crippen LogP contribution in [0.5, 0.6) is 5.88 Å². The number of likely N-dealkylation sites (tertiary alicyclic amines) is 1. The van der Waals surface area contributed by atoms with E-state index in [9.17, 15) is 0 Å². The summed E-state index contributed by atoms with van der Waals surface area (Å²) in [4.78, 5) is 12.5. The average Bonchev–Trinajstić information content (AvgIpc) is 2.56. The van der Waals surface area contributed by atoms with Crippen molar-refractivity contribution < 1.29 is 4.74 Å². The number of hydrogen-bond donors (Lipinski definition) is 1. The van der Waals surface area contributed by atoms with Gasteiger partial charge in [-0.2, -0.15) is 0 Å². The van der Waals surface area contributed by atoms with Crippen LogP contribution in [0, 0.1) is 0 Å². The van der Waals surface area contributed by atoms with E-state index < -0.39 is 0 Å². The van der Waals surface area contributed by atoms with Gasteiger partial charge in [0.2, 0.25) is 5.88 Å². The van der Waals surface area contributed by atoms with E-state index in [1.807, 2.05) is 12.1 Å². The minimum Gasteiger partial charge on any atom is -0.475 e. The number of ether oxygens (including phenoxy) is 1. The highest BCUT2D eigenvalue weighted by Crippen LogP contribution is 2.21. The van der Waals surface area contributed by atoms with Crippen LogP contribution in [0.2, 0.25) is 0 Å². The number of nitrogens with zero attached hydrogens (tertiary/aromatic N) is 3. The molecule has 0 unspecified atom stereocenters. The smallest absolute Gasteiger partial charge is 0.232 e. The third-order valence-corrected chi connectivity index (χ3v) is 4.74. The fraction of sp³-hybridized carbons (Fsp3) is 0.500. The summed E-state index contributed by atoms with van der Waals surface area (Å²) in [6.07, 6.45) is 5.91. The van der Waals surface area contributed by atoms with Crippen molar-refractivity contribution in [3.63, 3.8) is 0 Å². The molecule has 2 heterocycles. The van der Waals surface area contributed by atoms with Crippen molar-refractivity contribution in [2.24, 2.45) is 5.73 Å². The first-order chi connectivity index (χ1) is 10.7. The molecular weight excluding hydrogens is 296 g/mol. The zero-order valence-corrected chi connectivity index (χ0v) is 13.7. The van der Waals surface area contributed by atoms with Gasteiger partial charge in [0.25, 0.3) is 0 Å². The lowest BCUT2D eigenvalue weighted by Crippen LogP contribution is -2.41. The van der Waals surface area contributed by atoms with Crippen LogP contribution < -0.4 is 10.5 Å². The van der Waals surface area contributed by atoms with E-state index in [4.69, 9.17) is 10.5 Å². The largest absolute Gasteiger partial charge is 0.475 e. The molecule has 0 saturated carbocycles. The zero-order valence-electron chi connectivity index (χ0n) is 12.9. The van der Waals surface area contributed by atoms with Crippen LogP contribution in [0.1, 0.15) is 12.8 Å². The van der Waals surface area contributed by atoms with Crippen LogP contribution in [-0.4, -0.2) is 53.4 Å². The summed E-state index contributed by atoms with van der Waals surface area (Å²) in [5.41, 5.74) is 7.70. The molecule has 0 aliphatic carbocycles. The molecule has 0 spiro atoms. The minimum atomic E-state index is 0.370. The standard InChI is InChI=1S/C16H22N4OS/c1-22-13-2-3-14-15(10-13)19-16(11-18-14)21-9-8-20-6-4-12(17)5-7-20/h2-3,10-12H,4-9,17H2,1H3. The van der Waals surface area contributed by atoms with Gasteiger partial charge in [0.15, 0.2) is 0 Å². The first-order valence-corrected chi connectivity index (χ1v) is 8.88. The van der Waals surface area contributed by atoms with E-state index in [-0.39, 0.29) is 0 Å². The second kappa shape index (κ2) is 7.26. The second-order valence-electron chi connectivity index (χ2n) is 5.59. The van der Waals surface area contributed by atoms with Crippen molar-refractivity contribution >= 4 is 22.8 Å². The highest BCUT2D eigenvalue weighted by atomic mass is 32.2. The number of benzene rings is 1. The van der Waals surface area contributed by atoms with Gasteiger partial charge in [0.1, 0.15) is 6.61 Å². The molecule has 0 amide bonds. The Morgan fingerprint density at radius 3 is 2.91 bits per heavy atom. The van der Waals surface area contributed by atoms with Gasteiger partial charge in [-0.1, -0.05) is 0 Å². The Labute approximate surface area is 135 Å². The highest BCUT2D eigenvalue weighted by Gasteiger charge is 2.15. The van der Waals surface area contributed by atoms with Crippen LogP contribution in [0.25, 0.3) is 11.0 Å². The number of piperidine rings is 1. The second-order valence-corrected chi connectivity index (χ2v) is 6.47. The molecule has 1 aromatic heterocycles. The predicted octanol–water partition coefficient (Wildman–Crippen LogP) is 2.15. The van der Waals surface area contributed by atoms with Crippen LogP contribution in [0.3, 0.4) is 0 Å². The molecule has 3 rings (SSSR count). The lowest BCUT2D eigenvalue weighted by atomic mass is 10.1. The summed E-state index contributed by atoms with van der Waals surface area (Å²) in [6.45, 7) is 3.67. The molecule has 0 atom stereocenters. The Kier molecular flexibility index (Phi) is 5.12. The summed E-state index contributed by atoms with van der Waals surface area (Å²) in [6, 6.07) is 6.47.